The number of anilines is 1. The summed E-state index contributed by atoms with van der Waals surface area (Å²) in [6, 6.07) is 6.69. The molecule has 11 nitrogen and oxygen atoms in total. The van der Waals surface area contributed by atoms with Crippen LogP contribution in [0.5, 0.6) is 0 Å². The van der Waals surface area contributed by atoms with Gasteiger partial charge < -0.3 is 29.9 Å². The number of aliphatic hydroxyl groups is 1. The number of amides is 3. The molecule has 0 saturated carbocycles. The molecule has 0 saturated heterocycles. The summed E-state index contributed by atoms with van der Waals surface area (Å²) in [5, 5.41) is 17.3. The van der Waals surface area contributed by atoms with Crippen LogP contribution < -0.4 is 10.6 Å². The first-order chi connectivity index (χ1) is 19.9. The summed E-state index contributed by atoms with van der Waals surface area (Å²) >= 11 is 0. The summed E-state index contributed by atoms with van der Waals surface area (Å²) in [4.78, 5) is 50.3. The first-order valence-corrected chi connectivity index (χ1v) is 14.9. The Labute approximate surface area is 248 Å². The molecule has 3 aromatic rings. The molecule has 0 bridgehead atoms. The number of hydrogen-bond donors (Lipinski definition) is 3. The summed E-state index contributed by atoms with van der Waals surface area (Å²) in [5.41, 5.74) is 0.797. The van der Waals surface area contributed by atoms with Gasteiger partial charge >= 0.3 is 0 Å². The number of fused-ring (bicyclic) bond motifs is 3. The van der Waals surface area contributed by atoms with E-state index in [0.717, 1.165) is 17.3 Å². The number of rotatable bonds is 15. The molecule has 2 aromatic heterocycles. The van der Waals surface area contributed by atoms with Crippen LogP contribution in [0.4, 0.5) is 5.82 Å². The fraction of sp³-hybridized carbons (Fsp3) is 0.581. The van der Waals surface area contributed by atoms with Gasteiger partial charge in [-0.3, -0.25) is 14.4 Å². The number of para-hydroxylation sites is 1. The summed E-state index contributed by atoms with van der Waals surface area (Å²) in [7, 11) is 0. The molecule has 0 radical (unpaired) electrons. The highest BCUT2D eigenvalue weighted by Crippen LogP contribution is 2.31. The van der Waals surface area contributed by atoms with E-state index in [2.05, 4.69) is 10.6 Å². The van der Waals surface area contributed by atoms with Crippen LogP contribution in [0.2, 0.25) is 0 Å². The molecular weight excluding hydrogens is 536 g/mol. The third kappa shape index (κ3) is 8.25. The van der Waals surface area contributed by atoms with Crippen molar-refractivity contribution < 1.29 is 24.2 Å². The summed E-state index contributed by atoms with van der Waals surface area (Å²) in [6.45, 7) is 14.2. The molecule has 0 aliphatic heterocycles. The largest absolute Gasteiger partial charge is 0.389 e. The molecule has 0 fully saturated rings. The van der Waals surface area contributed by atoms with E-state index in [1.54, 1.807) is 13.8 Å². The smallest absolute Gasteiger partial charge is 0.248 e. The average molecular weight is 583 g/mol. The molecule has 1 unspecified atom stereocenters. The number of benzene rings is 1. The van der Waals surface area contributed by atoms with Gasteiger partial charge in [-0.25, -0.2) is 9.97 Å². The third-order valence-corrected chi connectivity index (χ3v) is 6.79. The van der Waals surface area contributed by atoms with Gasteiger partial charge in [-0.05, 0) is 45.6 Å². The zero-order valence-electron chi connectivity index (χ0n) is 26.0. The Bertz CT molecular complexity index is 1390. The van der Waals surface area contributed by atoms with E-state index < -0.39 is 23.5 Å². The summed E-state index contributed by atoms with van der Waals surface area (Å²) < 4.78 is 7.60. The van der Waals surface area contributed by atoms with Crippen molar-refractivity contribution in [3.05, 3.63) is 30.1 Å². The van der Waals surface area contributed by atoms with Gasteiger partial charge in [-0.2, -0.15) is 0 Å². The molecule has 1 atom stereocenters. The Balaban J connectivity index is 1.99. The van der Waals surface area contributed by atoms with Gasteiger partial charge in [0.05, 0.1) is 29.7 Å². The van der Waals surface area contributed by atoms with Gasteiger partial charge in [-0.15, -0.1) is 0 Å². The number of nitrogens with one attached hydrogen (secondary N) is 2. The van der Waals surface area contributed by atoms with E-state index in [1.165, 1.54) is 4.90 Å². The molecular formula is C31H46N6O5. The van der Waals surface area contributed by atoms with E-state index in [-0.39, 0.29) is 37.3 Å². The predicted octanol–water partition coefficient (Wildman–Crippen LogP) is 4.01. The molecule has 1 aromatic carbocycles. The molecule has 3 N–H and O–H groups in total. The molecule has 3 rings (SSSR count). The van der Waals surface area contributed by atoms with Gasteiger partial charge in [0.25, 0.3) is 0 Å². The molecule has 42 heavy (non-hydrogen) atoms. The Morgan fingerprint density at radius 1 is 1.10 bits per heavy atom. The number of nitrogens with zero attached hydrogens (tertiary/aromatic N) is 4. The second kappa shape index (κ2) is 14.6. The Hall–Kier alpha value is -3.57. The lowest BCUT2D eigenvalue weighted by molar-refractivity contribution is -0.137. The van der Waals surface area contributed by atoms with Crippen LogP contribution in [-0.2, 0) is 32.3 Å². The van der Waals surface area contributed by atoms with Crippen LogP contribution in [0, 0.1) is 5.92 Å². The Kier molecular flexibility index (Phi) is 11.4. The van der Waals surface area contributed by atoms with Crippen molar-refractivity contribution in [3.8, 4) is 0 Å². The van der Waals surface area contributed by atoms with Gasteiger partial charge in [0.1, 0.15) is 24.0 Å². The number of aromatic nitrogens is 3. The van der Waals surface area contributed by atoms with Crippen LogP contribution in [0.1, 0.15) is 73.6 Å². The topological polar surface area (TPSA) is 139 Å². The molecule has 11 heteroatoms. The van der Waals surface area contributed by atoms with Crippen molar-refractivity contribution in [1.82, 2.24) is 24.8 Å². The van der Waals surface area contributed by atoms with Crippen LogP contribution in [0.25, 0.3) is 21.9 Å². The van der Waals surface area contributed by atoms with Crippen LogP contribution >= 0.6 is 0 Å². The summed E-state index contributed by atoms with van der Waals surface area (Å²) in [6.07, 6.45) is 1.80. The highest BCUT2D eigenvalue weighted by molar-refractivity contribution is 6.10. The SMILES string of the molecule is CCCC(=O)N(CCC)CC(=O)NC(C(=O)Nc1nc2ccccc2c2c1nc(COCC)n2CC(C)(C)O)C(C)C. The lowest BCUT2D eigenvalue weighted by Gasteiger charge is -2.25. The highest BCUT2D eigenvalue weighted by atomic mass is 16.5. The van der Waals surface area contributed by atoms with Gasteiger partial charge in [0.15, 0.2) is 5.82 Å². The maximum atomic E-state index is 13.7. The Morgan fingerprint density at radius 2 is 1.81 bits per heavy atom. The van der Waals surface area contributed by atoms with Crippen molar-refractivity contribution in [2.45, 2.75) is 92.5 Å². The normalized spacial score (nSPS) is 12.6. The van der Waals surface area contributed by atoms with Crippen molar-refractivity contribution in [2.75, 3.05) is 25.0 Å². The number of hydrogen-bond acceptors (Lipinski definition) is 7. The fourth-order valence-electron chi connectivity index (χ4n) is 4.89. The van der Waals surface area contributed by atoms with Crippen LogP contribution in [-0.4, -0.2) is 73.6 Å². The number of ether oxygens (including phenoxy) is 1. The number of imidazole rings is 1. The lowest BCUT2D eigenvalue weighted by Crippen LogP contribution is -2.50. The van der Waals surface area contributed by atoms with E-state index in [9.17, 15) is 19.5 Å². The van der Waals surface area contributed by atoms with E-state index in [4.69, 9.17) is 14.7 Å². The molecule has 3 amide bonds. The zero-order valence-corrected chi connectivity index (χ0v) is 26.0. The minimum atomic E-state index is -1.04. The second-order valence-electron chi connectivity index (χ2n) is 11.6. The van der Waals surface area contributed by atoms with E-state index in [0.29, 0.717) is 42.9 Å². The zero-order chi connectivity index (χ0) is 31.0. The molecule has 2 heterocycles. The molecule has 0 aliphatic rings. The monoisotopic (exact) mass is 582 g/mol. The lowest BCUT2D eigenvalue weighted by atomic mass is 10.0. The average Bonchev–Trinajstić information content (AvgIpc) is 3.27. The van der Waals surface area contributed by atoms with Crippen molar-refractivity contribution in [1.29, 1.82) is 0 Å². The van der Waals surface area contributed by atoms with Crippen molar-refractivity contribution in [3.63, 3.8) is 0 Å². The minimum absolute atomic E-state index is 0.0766. The maximum Gasteiger partial charge on any atom is 0.248 e. The number of pyridine rings is 1. The van der Waals surface area contributed by atoms with Crippen LogP contribution in [0.3, 0.4) is 0 Å². The minimum Gasteiger partial charge on any atom is -0.389 e. The van der Waals surface area contributed by atoms with Gasteiger partial charge in [0, 0.05) is 25.0 Å². The number of carbonyl (C=O) groups is 3. The third-order valence-electron chi connectivity index (χ3n) is 6.79. The summed E-state index contributed by atoms with van der Waals surface area (Å²) in [5.74, 6) is -0.292. The number of carbonyl (C=O) groups excluding carboxylic acids is 3. The fourth-order valence-corrected chi connectivity index (χ4v) is 4.89. The van der Waals surface area contributed by atoms with Crippen LogP contribution in [0.15, 0.2) is 24.3 Å². The standard InChI is InChI=1S/C31H46N6O5/c1-8-13-25(39)36(16-9-2)17-24(38)34-26(20(4)5)30(40)35-29-27-28(21-14-11-12-15-22(21)32-29)37(19-31(6,7)41)23(33-27)18-42-10-3/h11-12,14-15,20,26,41H,8-10,13,16-19H2,1-7H3,(H,34,38)(H,32,35,40). The quantitative estimate of drug-likeness (QED) is 0.246. The second-order valence-corrected chi connectivity index (χ2v) is 11.6. The Morgan fingerprint density at radius 3 is 2.43 bits per heavy atom. The predicted molar refractivity (Wildman–Crippen MR) is 164 cm³/mol. The first-order valence-electron chi connectivity index (χ1n) is 14.9. The van der Waals surface area contributed by atoms with E-state index >= 15 is 0 Å². The van der Waals surface area contributed by atoms with Gasteiger partial charge in [0.2, 0.25) is 17.7 Å². The van der Waals surface area contributed by atoms with Gasteiger partial charge in [-0.1, -0.05) is 45.9 Å². The first kappa shape index (κ1) is 32.9. The molecule has 0 aliphatic carbocycles. The van der Waals surface area contributed by atoms with E-state index in [1.807, 2.05) is 63.5 Å². The van der Waals surface area contributed by atoms with Crippen molar-refractivity contribution in [2.24, 2.45) is 5.92 Å². The highest BCUT2D eigenvalue weighted by Gasteiger charge is 2.29. The maximum absolute atomic E-state index is 13.7. The molecule has 230 valence electrons. The molecule has 0 spiro atoms. The van der Waals surface area contributed by atoms with Crippen molar-refractivity contribution >= 4 is 45.5 Å².